The van der Waals surface area contributed by atoms with Crippen molar-refractivity contribution in [3.63, 3.8) is 0 Å². The van der Waals surface area contributed by atoms with Gasteiger partial charge in [0, 0.05) is 11.9 Å². The first-order chi connectivity index (χ1) is 15.3. The Hall–Kier alpha value is -3.93. The maximum absolute atomic E-state index is 13.3. The maximum Gasteiger partial charge on any atom is 0.300 e. The van der Waals surface area contributed by atoms with Crippen LogP contribution < -0.4 is 9.64 Å². The molecule has 1 amide bonds. The van der Waals surface area contributed by atoms with Crippen LogP contribution in [0.4, 0.5) is 5.69 Å². The van der Waals surface area contributed by atoms with Crippen LogP contribution in [-0.2, 0) is 9.59 Å². The lowest BCUT2D eigenvalue weighted by atomic mass is 9.96. The summed E-state index contributed by atoms with van der Waals surface area (Å²) in [6.07, 6.45) is 1.60. The Labute approximate surface area is 186 Å². The standard InChI is InChI=1S/C26H24N2O4/c1-15-8-10-20(17(3)13-15)28-23(19-7-5-6-12-27-19)22(25(30)26(28)31)24(29)18-14-16(2)9-11-21(18)32-4/h5-14,23,29H,1-4H3/b24-22+. The second kappa shape index (κ2) is 8.30. The van der Waals surface area contributed by atoms with Crippen LogP contribution in [0.5, 0.6) is 5.75 Å². The number of aliphatic hydroxyl groups is 1. The Balaban J connectivity index is 2.00. The van der Waals surface area contributed by atoms with E-state index in [-0.39, 0.29) is 11.3 Å². The minimum atomic E-state index is -0.872. The molecule has 162 valence electrons. The van der Waals surface area contributed by atoms with Gasteiger partial charge in [-0.05, 0) is 56.7 Å². The molecule has 6 heteroatoms. The predicted molar refractivity (Wildman–Crippen MR) is 123 cm³/mol. The fraction of sp³-hybridized carbons (Fsp3) is 0.192. The molecule has 3 aromatic rings. The lowest BCUT2D eigenvalue weighted by molar-refractivity contribution is -0.132. The lowest BCUT2D eigenvalue weighted by Gasteiger charge is -2.26. The van der Waals surface area contributed by atoms with Crippen LogP contribution in [0.1, 0.15) is 34.0 Å². The van der Waals surface area contributed by atoms with Gasteiger partial charge in [0.2, 0.25) is 0 Å². The van der Waals surface area contributed by atoms with Gasteiger partial charge in [0.25, 0.3) is 11.7 Å². The quantitative estimate of drug-likeness (QED) is 0.372. The van der Waals surface area contributed by atoms with Gasteiger partial charge < -0.3 is 9.84 Å². The van der Waals surface area contributed by atoms with Crippen LogP contribution in [0.2, 0.25) is 0 Å². The number of hydrogen-bond donors (Lipinski definition) is 1. The third-order valence-corrected chi connectivity index (χ3v) is 5.63. The Kier molecular flexibility index (Phi) is 5.53. The fourth-order valence-corrected chi connectivity index (χ4v) is 4.13. The molecule has 0 spiro atoms. The molecule has 1 N–H and O–H groups in total. The van der Waals surface area contributed by atoms with Crippen molar-refractivity contribution in [2.24, 2.45) is 0 Å². The van der Waals surface area contributed by atoms with Crippen molar-refractivity contribution in [3.05, 3.63) is 94.3 Å². The highest BCUT2D eigenvalue weighted by atomic mass is 16.5. The number of carbonyl (C=O) groups excluding carboxylic acids is 2. The number of ether oxygens (including phenoxy) is 1. The number of rotatable bonds is 4. The van der Waals surface area contributed by atoms with Crippen molar-refractivity contribution in [2.45, 2.75) is 26.8 Å². The van der Waals surface area contributed by atoms with Crippen molar-refractivity contribution in [2.75, 3.05) is 12.0 Å². The van der Waals surface area contributed by atoms with Crippen molar-refractivity contribution >= 4 is 23.1 Å². The number of aryl methyl sites for hydroxylation is 3. The minimum absolute atomic E-state index is 0.0161. The highest BCUT2D eigenvalue weighted by molar-refractivity contribution is 6.51. The van der Waals surface area contributed by atoms with Gasteiger partial charge in [-0.3, -0.25) is 19.5 Å². The van der Waals surface area contributed by atoms with Crippen LogP contribution in [0.3, 0.4) is 0 Å². The number of methoxy groups -OCH3 is 1. The van der Waals surface area contributed by atoms with E-state index in [2.05, 4.69) is 4.98 Å². The molecule has 1 saturated heterocycles. The summed E-state index contributed by atoms with van der Waals surface area (Å²) in [4.78, 5) is 32.4. The second-order valence-corrected chi connectivity index (χ2v) is 7.92. The zero-order valence-corrected chi connectivity index (χ0v) is 18.4. The number of pyridine rings is 1. The Morgan fingerprint density at radius 1 is 1.00 bits per heavy atom. The zero-order valence-electron chi connectivity index (χ0n) is 18.4. The van der Waals surface area contributed by atoms with E-state index in [1.54, 1.807) is 36.5 Å². The molecule has 1 aromatic heterocycles. The van der Waals surface area contributed by atoms with Crippen molar-refractivity contribution in [1.29, 1.82) is 0 Å². The molecule has 0 bridgehead atoms. The topological polar surface area (TPSA) is 79.7 Å². The van der Waals surface area contributed by atoms with E-state index in [4.69, 9.17) is 4.74 Å². The number of amides is 1. The highest BCUT2D eigenvalue weighted by Gasteiger charge is 2.48. The molecule has 2 heterocycles. The maximum atomic E-state index is 13.3. The number of benzene rings is 2. The van der Waals surface area contributed by atoms with Gasteiger partial charge in [0.05, 0.1) is 23.9 Å². The molecule has 0 saturated carbocycles. The molecule has 0 aliphatic carbocycles. The van der Waals surface area contributed by atoms with Gasteiger partial charge in [-0.25, -0.2) is 0 Å². The molecule has 0 radical (unpaired) electrons. The molecule has 6 nitrogen and oxygen atoms in total. The number of aliphatic hydroxyl groups excluding tert-OH is 1. The Morgan fingerprint density at radius 3 is 2.38 bits per heavy atom. The summed E-state index contributed by atoms with van der Waals surface area (Å²) < 4.78 is 5.41. The molecular formula is C26H24N2O4. The van der Waals surface area contributed by atoms with Crippen LogP contribution in [0.25, 0.3) is 5.76 Å². The van der Waals surface area contributed by atoms with Gasteiger partial charge in [0.1, 0.15) is 17.6 Å². The number of carbonyl (C=O) groups is 2. The lowest BCUT2D eigenvalue weighted by Crippen LogP contribution is -2.30. The van der Waals surface area contributed by atoms with Gasteiger partial charge in [0.15, 0.2) is 0 Å². The first-order valence-electron chi connectivity index (χ1n) is 10.3. The number of aromatic nitrogens is 1. The average Bonchev–Trinajstić information content (AvgIpc) is 3.04. The monoisotopic (exact) mass is 428 g/mol. The second-order valence-electron chi connectivity index (χ2n) is 7.92. The van der Waals surface area contributed by atoms with Gasteiger partial charge in [-0.2, -0.15) is 0 Å². The van der Waals surface area contributed by atoms with Crippen LogP contribution in [0.15, 0.2) is 66.4 Å². The van der Waals surface area contributed by atoms with E-state index in [9.17, 15) is 14.7 Å². The van der Waals surface area contributed by atoms with Crippen molar-refractivity contribution < 1.29 is 19.4 Å². The largest absolute Gasteiger partial charge is 0.507 e. The average molecular weight is 428 g/mol. The number of Topliss-reactive ketones (excluding diaryl/α,β-unsaturated/α-hetero) is 1. The first-order valence-corrected chi connectivity index (χ1v) is 10.3. The molecule has 1 fully saturated rings. The Bertz CT molecular complexity index is 1250. The molecule has 1 aliphatic rings. The number of anilines is 1. The zero-order chi connectivity index (χ0) is 23.0. The van der Waals surface area contributed by atoms with Crippen molar-refractivity contribution in [3.8, 4) is 5.75 Å². The van der Waals surface area contributed by atoms with Gasteiger partial charge >= 0.3 is 0 Å². The predicted octanol–water partition coefficient (Wildman–Crippen LogP) is 4.64. The highest BCUT2D eigenvalue weighted by Crippen LogP contribution is 2.43. The summed E-state index contributed by atoms with van der Waals surface area (Å²) in [5.74, 6) is -1.35. The number of nitrogens with zero attached hydrogens (tertiary/aromatic N) is 2. The minimum Gasteiger partial charge on any atom is -0.507 e. The van der Waals surface area contributed by atoms with E-state index in [0.29, 0.717) is 22.7 Å². The number of ketones is 1. The molecule has 1 aliphatic heterocycles. The van der Waals surface area contributed by atoms with Gasteiger partial charge in [-0.15, -0.1) is 0 Å². The van der Waals surface area contributed by atoms with Crippen molar-refractivity contribution in [1.82, 2.24) is 4.98 Å². The smallest absolute Gasteiger partial charge is 0.300 e. The molecule has 4 rings (SSSR count). The number of hydrogen-bond acceptors (Lipinski definition) is 5. The molecule has 32 heavy (non-hydrogen) atoms. The van der Waals surface area contributed by atoms with Crippen LogP contribution >= 0.6 is 0 Å². The third kappa shape index (κ3) is 3.54. The van der Waals surface area contributed by atoms with E-state index in [1.165, 1.54) is 12.0 Å². The summed E-state index contributed by atoms with van der Waals surface area (Å²) in [6, 6.07) is 15.4. The van der Waals surface area contributed by atoms with E-state index in [1.807, 2.05) is 45.0 Å². The molecule has 1 atom stereocenters. The normalized spacial score (nSPS) is 17.6. The van der Waals surface area contributed by atoms with Crippen LogP contribution in [-0.4, -0.2) is 28.9 Å². The van der Waals surface area contributed by atoms with E-state index in [0.717, 1.165) is 16.7 Å². The summed E-state index contributed by atoms with van der Waals surface area (Å²) in [7, 11) is 1.49. The third-order valence-electron chi connectivity index (χ3n) is 5.63. The summed E-state index contributed by atoms with van der Waals surface area (Å²) in [5, 5.41) is 11.3. The first kappa shape index (κ1) is 21.3. The Morgan fingerprint density at radius 2 is 1.72 bits per heavy atom. The van der Waals surface area contributed by atoms with Gasteiger partial charge in [-0.1, -0.05) is 35.4 Å². The van der Waals surface area contributed by atoms with E-state index >= 15 is 0 Å². The molecule has 1 unspecified atom stereocenters. The SMILES string of the molecule is COc1ccc(C)cc1/C(O)=C1\C(=O)C(=O)N(c2ccc(C)cc2C)C1c1ccccn1. The molecular weight excluding hydrogens is 404 g/mol. The summed E-state index contributed by atoms with van der Waals surface area (Å²) >= 11 is 0. The van der Waals surface area contributed by atoms with Crippen LogP contribution in [0, 0.1) is 20.8 Å². The van der Waals surface area contributed by atoms with E-state index < -0.39 is 17.7 Å². The summed E-state index contributed by atoms with van der Waals surface area (Å²) in [6.45, 7) is 5.73. The summed E-state index contributed by atoms with van der Waals surface area (Å²) in [5.41, 5.74) is 4.20. The molecule has 2 aromatic carbocycles. The fourth-order valence-electron chi connectivity index (χ4n) is 4.13.